The van der Waals surface area contributed by atoms with Crippen molar-refractivity contribution in [1.82, 2.24) is 25.1 Å². The van der Waals surface area contributed by atoms with E-state index >= 15 is 0 Å². The van der Waals surface area contributed by atoms with E-state index < -0.39 is 5.54 Å². The fraction of sp³-hybridized carbons (Fsp3) is 0.647. The second-order valence-electron chi connectivity index (χ2n) is 7.23. The van der Waals surface area contributed by atoms with E-state index in [1.165, 1.54) is 4.90 Å². The third-order valence-electron chi connectivity index (χ3n) is 5.57. The number of imide groups is 1. The Morgan fingerprint density at radius 1 is 1.36 bits per heavy atom. The van der Waals surface area contributed by atoms with Gasteiger partial charge in [-0.25, -0.2) is 9.78 Å². The standard InChI is InChI=1S/C17H23N5O3/c23-14(19-12-3-4-13-18-8-10-21(13)11-12)5-9-22-15(24)17(20-16(22)25)6-1-2-7-17/h8,10,12H,1-7,9,11H2,(H,19,23)(H,20,25)/t12-/m1/s1. The first kappa shape index (κ1) is 16.1. The van der Waals surface area contributed by atoms with Crippen LogP contribution in [0, 0.1) is 0 Å². The van der Waals surface area contributed by atoms with Crippen LogP contribution in [0.1, 0.15) is 44.3 Å². The van der Waals surface area contributed by atoms with Crippen molar-refractivity contribution in [2.75, 3.05) is 6.54 Å². The number of imidazole rings is 1. The number of urea groups is 1. The molecule has 2 aliphatic heterocycles. The van der Waals surface area contributed by atoms with Gasteiger partial charge in [0.15, 0.2) is 0 Å². The quantitative estimate of drug-likeness (QED) is 0.780. The summed E-state index contributed by atoms with van der Waals surface area (Å²) in [6.07, 6.45) is 8.85. The molecule has 2 N–H and O–H groups in total. The lowest BCUT2D eigenvalue weighted by atomic mass is 9.98. The first-order valence-electron chi connectivity index (χ1n) is 9.01. The predicted octanol–water partition coefficient (Wildman–Crippen LogP) is 0.569. The van der Waals surface area contributed by atoms with Crippen molar-refractivity contribution >= 4 is 17.8 Å². The van der Waals surface area contributed by atoms with Crippen LogP contribution in [0.4, 0.5) is 4.79 Å². The summed E-state index contributed by atoms with van der Waals surface area (Å²) in [6, 6.07) is -0.293. The number of rotatable bonds is 4. The van der Waals surface area contributed by atoms with Crippen LogP contribution in [0.25, 0.3) is 0 Å². The molecule has 134 valence electrons. The summed E-state index contributed by atoms with van der Waals surface area (Å²) < 4.78 is 2.05. The largest absolute Gasteiger partial charge is 0.352 e. The molecule has 0 bridgehead atoms. The van der Waals surface area contributed by atoms with Crippen LogP contribution in [-0.2, 0) is 22.6 Å². The average Bonchev–Trinajstić information content (AvgIpc) is 3.28. The van der Waals surface area contributed by atoms with Crippen LogP contribution in [-0.4, -0.2) is 50.4 Å². The maximum atomic E-state index is 12.6. The molecule has 0 unspecified atom stereocenters. The number of carbonyl (C=O) groups excluding carboxylic acids is 3. The Kier molecular flexibility index (Phi) is 3.97. The number of amides is 4. The predicted molar refractivity (Wildman–Crippen MR) is 88.5 cm³/mol. The highest BCUT2D eigenvalue weighted by molar-refractivity contribution is 6.07. The third-order valence-corrected chi connectivity index (χ3v) is 5.57. The van der Waals surface area contributed by atoms with Crippen LogP contribution in [0.2, 0.25) is 0 Å². The second-order valence-corrected chi connectivity index (χ2v) is 7.23. The minimum Gasteiger partial charge on any atom is -0.352 e. The topological polar surface area (TPSA) is 96.3 Å². The van der Waals surface area contributed by atoms with Gasteiger partial charge in [-0.3, -0.25) is 14.5 Å². The van der Waals surface area contributed by atoms with E-state index in [4.69, 9.17) is 0 Å². The molecule has 25 heavy (non-hydrogen) atoms. The van der Waals surface area contributed by atoms with E-state index in [1.54, 1.807) is 6.20 Å². The lowest BCUT2D eigenvalue weighted by molar-refractivity contribution is -0.131. The van der Waals surface area contributed by atoms with Gasteiger partial charge in [0.2, 0.25) is 5.91 Å². The number of hydrogen-bond acceptors (Lipinski definition) is 4. The SMILES string of the molecule is O=C(CCN1C(=O)NC2(CCCC2)C1=O)N[C@@H]1CCc2nccn2C1. The number of hydrogen-bond donors (Lipinski definition) is 2. The summed E-state index contributed by atoms with van der Waals surface area (Å²) in [6.45, 7) is 0.856. The number of nitrogens with one attached hydrogen (secondary N) is 2. The van der Waals surface area contributed by atoms with Crippen molar-refractivity contribution in [2.45, 2.75) is 63.1 Å². The van der Waals surface area contributed by atoms with Gasteiger partial charge in [0.1, 0.15) is 11.4 Å². The normalized spacial score (nSPS) is 24.5. The number of aryl methyl sites for hydroxylation is 1. The molecule has 3 aliphatic rings. The summed E-state index contributed by atoms with van der Waals surface area (Å²) in [5, 5.41) is 5.84. The average molecular weight is 345 g/mol. The molecule has 1 aromatic heterocycles. The van der Waals surface area contributed by atoms with Crippen LogP contribution in [0.15, 0.2) is 12.4 Å². The van der Waals surface area contributed by atoms with E-state index in [2.05, 4.69) is 20.2 Å². The van der Waals surface area contributed by atoms with Crippen LogP contribution < -0.4 is 10.6 Å². The van der Waals surface area contributed by atoms with Crippen LogP contribution in [0.5, 0.6) is 0 Å². The first-order chi connectivity index (χ1) is 12.1. The molecule has 1 saturated heterocycles. The number of aromatic nitrogens is 2. The minimum absolute atomic E-state index is 0.0680. The molecule has 4 amide bonds. The maximum Gasteiger partial charge on any atom is 0.325 e. The van der Waals surface area contributed by atoms with Crippen molar-refractivity contribution in [3.63, 3.8) is 0 Å². The molecular weight excluding hydrogens is 322 g/mol. The lowest BCUT2D eigenvalue weighted by Crippen LogP contribution is -2.44. The highest BCUT2D eigenvalue weighted by Gasteiger charge is 2.52. The van der Waals surface area contributed by atoms with Crippen molar-refractivity contribution in [2.24, 2.45) is 0 Å². The summed E-state index contributed by atoms with van der Waals surface area (Å²) in [7, 11) is 0. The summed E-state index contributed by atoms with van der Waals surface area (Å²) in [5.74, 6) is 0.761. The molecule has 1 saturated carbocycles. The van der Waals surface area contributed by atoms with Gasteiger partial charge in [0.25, 0.3) is 5.91 Å². The van der Waals surface area contributed by atoms with Crippen molar-refractivity contribution < 1.29 is 14.4 Å². The molecule has 8 nitrogen and oxygen atoms in total. The Labute approximate surface area is 146 Å². The Balaban J connectivity index is 1.29. The van der Waals surface area contributed by atoms with Crippen LogP contribution >= 0.6 is 0 Å². The third kappa shape index (κ3) is 2.89. The zero-order valence-corrected chi connectivity index (χ0v) is 14.2. The number of nitrogens with zero attached hydrogens (tertiary/aromatic N) is 3. The molecular formula is C17H23N5O3. The Morgan fingerprint density at radius 2 is 2.16 bits per heavy atom. The highest BCUT2D eigenvalue weighted by atomic mass is 16.2. The van der Waals surface area contributed by atoms with Crippen molar-refractivity contribution in [3.8, 4) is 0 Å². The molecule has 1 aromatic rings. The Morgan fingerprint density at radius 3 is 2.96 bits per heavy atom. The Bertz CT molecular complexity index is 707. The van der Waals surface area contributed by atoms with E-state index in [0.717, 1.165) is 31.5 Å². The molecule has 1 spiro atoms. The Hall–Kier alpha value is -2.38. The fourth-order valence-corrected chi connectivity index (χ4v) is 4.19. The van der Waals surface area contributed by atoms with E-state index in [0.29, 0.717) is 19.4 Å². The molecule has 1 atom stereocenters. The molecule has 0 aromatic carbocycles. The monoisotopic (exact) mass is 345 g/mol. The molecule has 4 rings (SSSR count). The van der Waals surface area contributed by atoms with Gasteiger partial charge in [-0.05, 0) is 19.3 Å². The lowest BCUT2D eigenvalue weighted by Gasteiger charge is -2.25. The molecule has 8 heteroatoms. The summed E-state index contributed by atoms with van der Waals surface area (Å²) >= 11 is 0. The van der Waals surface area contributed by atoms with E-state index in [9.17, 15) is 14.4 Å². The fourth-order valence-electron chi connectivity index (χ4n) is 4.19. The van der Waals surface area contributed by atoms with Gasteiger partial charge in [0, 0.05) is 44.4 Å². The summed E-state index contributed by atoms with van der Waals surface area (Å²) in [5.41, 5.74) is -0.700. The number of carbonyl (C=O) groups is 3. The van der Waals surface area contributed by atoms with Crippen LogP contribution in [0.3, 0.4) is 0 Å². The van der Waals surface area contributed by atoms with E-state index in [1.807, 2.05) is 6.20 Å². The van der Waals surface area contributed by atoms with Gasteiger partial charge in [-0.15, -0.1) is 0 Å². The molecule has 3 heterocycles. The second kappa shape index (κ2) is 6.16. The zero-order valence-electron chi connectivity index (χ0n) is 14.2. The zero-order chi connectivity index (χ0) is 17.4. The smallest absolute Gasteiger partial charge is 0.325 e. The van der Waals surface area contributed by atoms with Gasteiger partial charge in [0.05, 0.1) is 0 Å². The number of fused-ring (bicyclic) bond motifs is 1. The van der Waals surface area contributed by atoms with Crippen molar-refractivity contribution in [3.05, 3.63) is 18.2 Å². The van der Waals surface area contributed by atoms with Gasteiger partial charge >= 0.3 is 6.03 Å². The van der Waals surface area contributed by atoms with Crippen molar-refractivity contribution in [1.29, 1.82) is 0 Å². The molecule has 1 aliphatic carbocycles. The van der Waals surface area contributed by atoms with Gasteiger partial charge in [-0.2, -0.15) is 0 Å². The maximum absolute atomic E-state index is 12.6. The van der Waals surface area contributed by atoms with Gasteiger partial charge < -0.3 is 15.2 Å². The highest BCUT2D eigenvalue weighted by Crippen LogP contribution is 2.35. The van der Waals surface area contributed by atoms with Gasteiger partial charge in [-0.1, -0.05) is 12.8 Å². The molecule has 0 radical (unpaired) electrons. The minimum atomic E-state index is -0.700. The first-order valence-corrected chi connectivity index (χ1v) is 9.01. The molecule has 2 fully saturated rings. The summed E-state index contributed by atoms with van der Waals surface area (Å²) in [4.78, 5) is 42.4. The van der Waals surface area contributed by atoms with E-state index in [-0.39, 0.29) is 36.9 Å².